The van der Waals surface area contributed by atoms with Gasteiger partial charge in [0, 0.05) is 51.2 Å². The molecule has 1 saturated heterocycles. The lowest BCUT2D eigenvalue weighted by atomic mass is 10.0. The van der Waals surface area contributed by atoms with Gasteiger partial charge in [0.1, 0.15) is 18.4 Å². The van der Waals surface area contributed by atoms with E-state index in [-0.39, 0.29) is 55.4 Å². The van der Waals surface area contributed by atoms with Crippen molar-refractivity contribution in [3.63, 3.8) is 0 Å². The maximum absolute atomic E-state index is 14.3. The predicted molar refractivity (Wildman–Crippen MR) is 195 cm³/mol. The van der Waals surface area contributed by atoms with Gasteiger partial charge in [0.25, 0.3) is 5.91 Å². The molecule has 11 nitrogen and oxygen atoms in total. The Morgan fingerprint density at radius 3 is 2.46 bits per heavy atom. The summed E-state index contributed by atoms with van der Waals surface area (Å²) >= 11 is 0. The molecule has 6 rings (SSSR count). The Bertz CT molecular complexity index is 1860. The first-order chi connectivity index (χ1) is 24.1. The Balaban J connectivity index is 1.19. The summed E-state index contributed by atoms with van der Waals surface area (Å²) < 4.78 is 6.16. The molecule has 0 aromatic heterocycles. The average Bonchev–Trinajstić information content (AvgIpc) is 3.51. The first kappa shape index (κ1) is 34.3. The van der Waals surface area contributed by atoms with E-state index in [0.717, 1.165) is 22.0 Å². The van der Waals surface area contributed by atoms with Crippen molar-refractivity contribution in [3.8, 4) is 5.75 Å². The SMILES string of the molecule is CN1CCC[C@H](NC(=O)Cc2ccc3ccccc3c2)C(=O)N2C[C@@H](NC(=O)Nc3ccc(N(C)C)cc3)C[C@H]2COc2cccc(c2)C1=O. The molecule has 1 fully saturated rings. The zero-order valence-corrected chi connectivity index (χ0v) is 28.7. The summed E-state index contributed by atoms with van der Waals surface area (Å²) in [6.45, 7) is 0.815. The third kappa shape index (κ3) is 8.34. The van der Waals surface area contributed by atoms with E-state index < -0.39 is 6.04 Å². The molecule has 11 heteroatoms. The molecule has 3 atom stereocenters. The lowest BCUT2D eigenvalue weighted by Crippen LogP contribution is -2.52. The fraction of sp³-hybridized carbons (Fsp3) is 0.333. The molecule has 2 bridgehead atoms. The molecule has 5 amide bonds. The second kappa shape index (κ2) is 15.3. The number of carbonyl (C=O) groups excluding carboxylic acids is 4. The van der Waals surface area contributed by atoms with Crippen LogP contribution in [-0.2, 0) is 16.0 Å². The number of carbonyl (C=O) groups is 4. The summed E-state index contributed by atoms with van der Waals surface area (Å²) in [5, 5.41) is 11.1. The molecular weight excluding hydrogens is 632 g/mol. The molecule has 4 aromatic rings. The molecule has 2 aliphatic heterocycles. The van der Waals surface area contributed by atoms with E-state index in [4.69, 9.17) is 4.74 Å². The van der Waals surface area contributed by atoms with E-state index in [2.05, 4.69) is 16.0 Å². The summed E-state index contributed by atoms with van der Waals surface area (Å²) in [6.07, 6.45) is 1.41. The Labute approximate surface area is 292 Å². The van der Waals surface area contributed by atoms with Crippen LogP contribution in [0.15, 0.2) is 91.0 Å². The van der Waals surface area contributed by atoms with Crippen molar-refractivity contribution in [1.82, 2.24) is 20.4 Å². The summed E-state index contributed by atoms with van der Waals surface area (Å²) in [6, 6.07) is 26.5. The van der Waals surface area contributed by atoms with Crippen LogP contribution in [0.1, 0.15) is 35.2 Å². The second-order valence-electron chi connectivity index (χ2n) is 13.3. The van der Waals surface area contributed by atoms with Crippen LogP contribution < -0.4 is 25.6 Å². The maximum Gasteiger partial charge on any atom is 0.319 e. The van der Waals surface area contributed by atoms with E-state index in [1.165, 1.54) is 0 Å². The van der Waals surface area contributed by atoms with Crippen LogP contribution in [0.5, 0.6) is 5.75 Å². The quantitative estimate of drug-likeness (QED) is 0.273. The van der Waals surface area contributed by atoms with Gasteiger partial charge in [0.15, 0.2) is 0 Å². The van der Waals surface area contributed by atoms with E-state index in [9.17, 15) is 19.2 Å². The number of amides is 5. The van der Waals surface area contributed by atoms with Crippen molar-refractivity contribution >= 4 is 45.9 Å². The fourth-order valence-corrected chi connectivity index (χ4v) is 6.65. The minimum atomic E-state index is -0.822. The normalized spacial score (nSPS) is 19.6. The number of ether oxygens (including phenoxy) is 1. The molecule has 50 heavy (non-hydrogen) atoms. The van der Waals surface area contributed by atoms with Crippen LogP contribution in [-0.4, -0.2) is 92.5 Å². The molecule has 2 heterocycles. The van der Waals surface area contributed by atoms with Crippen LogP contribution in [0.4, 0.5) is 16.2 Å². The van der Waals surface area contributed by atoms with Gasteiger partial charge in [-0.3, -0.25) is 14.4 Å². The summed E-state index contributed by atoms with van der Waals surface area (Å²) in [5.74, 6) is -0.135. The Morgan fingerprint density at radius 2 is 1.68 bits per heavy atom. The number of hydrogen-bond acceptors (Lipinski definition) is 6. The zero-order chi connectivity index (χ0) is 35.2. The van der Waals surface area contributed by atoms with Crippen molar-refractivity contribution in [2.45, 2.75) is 43.8 Å². The molecular formula is C39H44N6O5. The van der Waals surface area contributed by atoms with Gasteiger partial charge in [-0.15, -0.1) is 0 Å². The summed E-state index contributed by atoms with van der Waals surface area (Å²) in [5.41, 5.74) is 3.02. The zero-order valence-electron chi connectivity index (χ0n) is 28.7. The first-order valence-corrected chi connectivity index (χ1v) is 17.0. The minimum absolute atomic E-state index is 0.119. The van der Waals surface area contributed by atoms with E-state index in [0.29, 0.717) is 42.8 Å². The molecule has 2 aliphatic rings. The third-order valence-electron chi connectivity index (χ3n) is 9.34. The van der Waals surface area contributed by atoms with Gasteiger partial charge < -0.3 is 35.4 Å². The molecule has 0 saturated carbocycles. The third-order valence-corrected chi connectivity index (χ3v) is 9.34. The molecule has 3 N–H and O–H groups in total. The number of anilines is 2. The first-order valence-electron chi connectivity index (χ1n) is 17.0. The van der Waals surface area contributed by atoms with E-state index >= 15 is 0 Å². The van der Waals surface area contributed by atoms with Gasteiger partial charge in [0.2, 0.25) is 11.8 Å². The Kier molecular flexibility index (Phi) is 10.5. The maximum atomic E-state index is 14.3. The molecule has 260 valence electrons. The van der Waals surface area contributed by atoms with Crippen molar-refractivity contribution in [1.29, 1.82) is 0 Å². The van der Waals surface area contributed by atoms with Crippen LogP contribution in [0.3, 0.4) is 0 Å². The topological polar surface area (TPSA) is 123 Å². The number of rotatable bonds is 6. The van der Waals surface area contributed by atoms with Crippen molar-refractivity contribution < 1.29 is 23.9 Å². The number of nitrogens with one attached hydrogen (secondary N) is 3. The predicted octanol–water partition coefficient (Wildman–Crippen LogP) is 4.67. The number of benzene rings is 4. The Morgan fingerprint density at radius 1 is 0.900 bits per heavy atom. The van der Waals surface area contributed by atoms with Gasteiger partial charge >= 0.3 is 6.03 Å². The number of nitrogens with zero attached hydrogens (tertiary/aromatic N) is 3. The molecule has 0 aliphatic carbocycles. The highest BCUT2D eigenvalue weighted by Crippen LogP contribution is 2.24. The standard InChI is InChI=1S/C39H44N6O5/c1-43(2)32-17-15-30(16-18-32)40-39(49)41-31-23-33-25-50-34-11-6-10-29(22-34)37(47)44(3)19-7-12-35(38(48)45(33)24-31)42-36(46)21-26-13-14-27-8-4-5-9-28(27)20-26/h4-6,8-11,13-18,20,22,31,33,35H,7,12,19,21,23-25H2,1-3H3,(H,42,46)(H2,40,41,49)/t31-,33-,35-/m0/s1. The van der Waals surface area contributed by atoms with Crippen molar-refractivity contribution in [3.05, 3.63) is 102 Å². The summed E-state index contributed by atoms with van der Waals surface area (Å²) in [4.78, 5) is 59.4. The summed E-state index contributed by atoms with van der Waals surface area (Å²) in [7, 11) is 5.63. The molecule has 0 unspecified atom stereocenters. The number of fused-ring (bicyclic) bond motifs is 4. The van der Waals surface area contributed by atoms with Crippen LogP contribution in [0.2, 0.25) is 0 Å². The van der Waals surface area contributed by atoms with Gasteiger partial charge in [-0.25, -0.2) is 4.79 Å². The fourth-order valence-electron chi connectivity index (χ4n) is 6.65. The highest BCUT2D eigenvalue weighted by atomic mass is 16.5. The van der Waals surface area contributed by atoms with Crippen LogP contribution in [0.25, 0.3) is 10.8 Å². The van der Waals surface area contributed by atoms with E-state index in [1.807, 2.05) is 85.7 Å². The van der Waals surface area contributed by atoms with Crippen LogP contribution in [0, 0.1) is 0 Å². The molecule has 4 aromatic carbocycles. The number of urea groups is 1. The monoisotopic (exact) mass is 676 g/mol. The van der Waals surface area contributed by atoms with Crippen LogP contribution >= 0.6 is 0 Å². The Hall–Kier alpha value is -5.58. The molecule has 0 radical (unpaired) electrons. The van der Waals surface area contributed by atoms with Gasteiger partial charge in [-0.05, 0) is 78.1 Å². The molecule has 0 spiro atoms. The lowest BCUT2D eigenvalue weighted by Gasteiger charge is -2.30. The van der Waals surface area contributed by atoms with Gasteiger partial charge in [-0.1, -0.05) is 48.5 Å². The lowest BCUT2D eigenvalue weighted by molar-refractivity contribution is -0.137. The van der Waals surface area contributed by atoms with Gasteiger partial charge in [0.05, 0.1) is 18.5 Å². The number of hydrogen-bond donors (Lipinski definition) is 3. The van der Waals surface area contributed by atoms with E-state index in [1.54, 1.807) is 41.1 Å². The minimum Gasteiger partial charge on any atom is -0.491 e. The smallest absolute Gasteiger partial charge is 0.319 e. The van der Waals surface area contributed by atoms with Crippen molar-refractivity contribution in [2.24, 2.45) is 0 Å². The highest BCUT2D eigenvalue weighted by Gasteiger charge is 2.39. The largest absolute Gasteiger partial charge is 0.491 e. The van der Waals surface area contributed by atoms with Crippen molar-refractivity contribution in [2.75, 3.05) is 51.1 Å². The van der Waals surface area contributed by atoms with Gasteiger partial charge in [-0.2, -0.15) is 0 Å². The highest BCUT2D eigenvalue weighted by molar-refractivity contribution is 5.94. The second-order valence-corrected chi connectivity index (χ2v) is 13.3. The average molecular weight is 677 g/mol.